The van der Waals surface area contributed by atoms with Crippen LogP contribution in [0.25, 0.3) is 33.3 Å². The number of rotatable bonds is 9. The molecule has 11 heteroatoms. The van der Waals surface area contributed by atoms with E-state index in [0.717, 1.165) is 59.7 Å². The molecule has 240 valence electrons. The second-order valence-corrected chi connectivity index (χ2v) is 13.7. The maximum absolute atomic E-state index is 13.9. The van der Waals surface area contributed by atoms with E-state index in [-0.39, 0.29) is 17.3 Å². The molecule has 7 rings (SSSR count). The Morgan fingerprint density at radius 1 is 0.851 bits per heavy atom. The highest BCUT2D eigenvalue weighted by Crippen LogP contribution is 2.35. The lowest BCUT2D eigenvalue weighted by Gasteiger charge is -2.35. The van der Waals surface area contributed by atoms with Crippen LogP contribution in [0.3, 0.4) is 0 Å². The topological polar surface area (TPSA) is 96.5 Å². The highest BCUT2D eigenvalue weighted by molar-refractivity contribution is 7.90. The molecule has 3 aromatic heterocycles. The van der Waals surface area contributed by atoms with E-state index in [1.54, 1.807) is 53.6 Å². The second kappa shape index (κ2) is 12.7. The van der Waals surface area contributed by atoms with Gasteiger partial charge in [0.05, 0.1) is 24.2 Å². The van der Waals surface area contributed by atoms with Gasteiger partial charge in [0.1, 0.15) is 5.82 Å². The fraction of sp³-hybridized carbons (Fsp3) is 0.222. The SMILES string of the molecule is Cc1ccc(S(=O)(=O)n2cc(-c3cnn(Cc4cccc(F)c4)c3)c3cc(-c4ccc(N5CCN(CCO)CC5)cc4)cnc32)cc1. The van der Waals surface area contributed by atoms with Crippen LogP contribution in [0.5, 0.6) is 0 Å². The van der Waals surface area contributed by atoms with Crippen LogP contribution in [0.2, 0.25) is 0 Å². The van der Waals surface area contributed by atoms with Crippen molar-refractivity contribution in [2.24, 2.45) is 0 Å². The van der Waals surface area contributed by atoms with Crippen LogP contribution >= 0.6 is 0 Å². The first-order valence-corrected chi connectivity index (χ1v) is 17.0. The number of aryl methyl sites for hydroxylation is 1. The molecule has 3 aromatic carbocycles. The molecule has 0 atom stereocenters. The monoisotopic (exact) mass is 650 g/mol. The quantitative estimate of drug-likeness (QED) is 0.224. The van der Waals surface area contributed by atoms with Crippen molar-refractivity contribution in [3.8, 4) is 22.3 Å². The van der Waals surface area contributed by atoms with Gasteiger partial charge in [0.2, 0.25) is 0 Å². The molecule has 1 saturated heterocycles. The first kappa shape index (κ1) is 30.8. The third-order valence-electron chi connectivity index (χ3n) is 8.72. The Morgan fingerprint density at radius 2 is 1.62 bits per heavy atom. The highest BCUT2D eigenvalue weighted by atomic mass is 32.2. The van der Waals surface area contributed by atoms with Gasteiger partial charge in [-0.3, -0.25) is 9.58 Å². The normalized spacial score (nSPS) is 14.2. The van der Waals surface area contributed by atoms with Gasteiger partial charge in [0, 0.05) is 79.1 Å². The van der Waals surface area contributed by atoms with Crippen LogP contribution in [0.15, 0.2) is 109 Å². The third-order valence-corrected chi connectivity index (χ3v) is 10.4. The number of benzene rings is 3. The number of anilines is 1. The molecule has 0 spiro atoms. The summed E-state index contributed by atoms with van der Waals surface area (Å²) in [6.07, 6.45) is 6.85. The molecule has 9 nitrogen and oxygen atoms in total. The van der Waals surface area contributed by atoms with E-state index in [1.807, 2.05) is 25.3 Å². The molecule has 1 aliphatic rings. The zero-order valence-corrected chi connectivity index (χ0v) is 26.8. The van der Waals surface area contributed by atoms with Crippen LogP contribution in [0, 0.1) is 12.7 Å². The largest absolute Gasteiger partial charge is 0.395 e. The Kier molecular flexibility index (Phi) is 8.35. The minimum absolute atomic E-state index is 0.173. The summed E-state index contributed by atoms with van der Waals surface area (Å²) in [4.78, 5) is 9.49. The van der Waals surface area contributed by atoms with Crippen molar-refractivity contribution in [3.63, 3.8) is 0 Å². The average Bonchev–Trinajstić information content (AvgIpc) is 3.70. The van der Waals surface area contributed by atoms with Gasteiger partial charge in [-0.05, 0) is 60.5 Å². The molecule has 1 aliphatic heterocycles. The maximum atomic E-state index is 13.9. The fourth-order valence-corrected chi connectivity index (χ4v) is 7.45. The smallest absolute Gasteiger partial charge is 0.269 e. The summed E-state index contributed by atoms with van der Waals surface area (Å²) in [5.41, 5.74) is 6.40. The minimum Gasteiger partial charge on any atom is -0.395 e. The lowest BCUT2D eigenvalue weighted by molar-refractivity contribution is 0.189. The molecule has 0 radical (unpaired) electrons. The zero-order chi connectivity index (χ0) is 32.5. The first-order valence-electron chi connectivity index (χ1n) is 15.6. The molecule has 6 aromatic rings. The van der Waals surface area contributed by atoms with E-state index in [2.05, 4.69) is 39.2 Å². The van der Waals surface area contributed by atoms with E-state index >= 15 is 0 Å². The molecule has 0 unspecified atom stereocenters. The van der Waals surface area contributed by atoms with Crippen molar-refractivity contribution >= 4 is 26.7 Å². The van der Waals surface area contributed by atoms with Crippen molar-refractivity contribution in [3.05, 3.63) is 121 Å². The summed E-state index contributed by atoms with van der Waals surface area (Å²) in [6.45, 7) is 6.76. The number of aliphatic hydroxyl groups excluding tert-OH is 1. The number of hydrogen-bond donors (Lipinski definition) is 1. The van der Waals surface area contributed by atoms with Crippen molar-refractivity contribution in [2.45, 2.75) is 18.4 Å². The Balaban J connectivity index is 1.25. The van der Waals surface area contributed by atoms with E-state index in [9.17, 15) is 17.9 Å². The zero-order valence-electron chi connectivity index (χ0n) is 26.0. The Bertz CT molecular complexity index is 2130. The van der Waals surface area contributed by atoms with E-state index in [1.165, 1.54) is 16.1 Å². The summed E-state index contributed by atoms with van der Waals surface area (Å²) in [5, 5.41) is 14.4. The molecule has 47 heavy (non-hydrogen) atoms. The molecule has 1 N–H and O–H groups in total. The fourth-order valence-electron chi connectivity index (χ4n) is 6.12. The van der Waals surface area contributed by atoms with E-state index < -0.39 is 10.0 Å². The summed E-state index contributed by atoms with van der Waals surface area (Å²) < 4.78 is 44.6. The van der Waals surface area contributed by atoms with E-state index in [4.69, 9.17) is 4.98 Å². The third kappa shape index (κ3) is 6.29. The minimum atomic E-state index is -3.96. The van der Waals surface area contributed by atoms with Crippen molar-refractivity contribution in [2.75, 3.05) is 44.2 Å². The lowest BCUT2D eigenvalue weighted by Crippen LogP contribution is -2.47. The number of aromatic nitrogens is 4. The molecular formula is C36H35FN6O3S. The molecule has 0 aliphatic carbocycles. The Morgan fingerprint density at radius 3 is 2.34 bits per heavy atom. The average molecular weight is 651 g/mol. The van der Waals surface area contributed by atoms with Crippen LogP contribution in [0.1, 0.15) is 11.1 Å². The number of aliphatic hydroxyl groups is 1. The van der Waals surface area contributed by atoms with Gasteiger partial charge >= 0.3 is 0 Å². The predicted octanol–water partition coefficient (Wildman–Crippen LogP) is 5.41. The molecular weight excluding hydrogens is 616 g/mol. The number of halogens is 1. The van der Waals surface area contributed by atoms with Crippen molar-refractivity contribution < 1.29 is 17.9 Å². The van der Waals surface area contributed by atoms with Crippen molar-refractivity contribution in [1.82, 2.24) is 23.6 Å². The number of β-amino-alcohol motifs (C(OH)–C–C–N with tert-alkyl or cyclic N) is 1. The Labute approximate surface area is 273 Å². The molecule has 0 saturated carbocycles. The maximum Gasteiger partial charge on any atom is 0.269 e. The second-order valence-electron chi connectivity index (χ2n) is 11.9. The summed E-state index contributed by atoms with van der Waals surface area (Å²) in [5.74, 6) is -0.313. The summed E-state index contributed by atoms with van der Waals surface area (Å²) in [6, 6.07) is 23.5. The standard InChI is InChI=1S/C36H35FN6O3S/c1-26-5-11-33(12-6-26)47(45,46)43-25-35(30-22-39-42(24-30)23-27-3-2-4-31(37)19-27)34-20-29(21-38-36(34)43)28-7-9-32(10-8-28)41-15-13-40(14-16-41)17-18-44/h2-12,19-22,24-25,44H,13-18,23H2,1H3. The Hall–Kier alpha value is -4.84. The van der Waals surface area contributed by atoms with Crippen LogP contribution in [-0.2, 0) is 16.6 Å². The lowest BCUT2D eigenvalue weighted by atomic mass is 10.0. The van der Waals surface area contributed by atoms with Gasteiger partial charge in [0.25, 0.3) is 10.0 Å². The number of hydrogen-bond acceptors (Lipinski definition) is 7. The van der Waals surface area contributed by atoms with Gasteiger partial charge in [-0.1, -0.05) is 42.0 Å². The predicted molar refractivity (Wildman–Crippen MR) is 181 cm³/mol. The number of pyridine rings is 1. The molecule has 0 bridgehead atoms. The van der Waals surface area contributed by atoms with Crippen LogP contribution < -0.4 is 4.90 Å². The number of fused-ring (bicyclic) bond motifs is 1. The number of piperazine rings is 1. The first-order chi connectivity index (χ1) is 22.8. The molecule has 0 amide bonds. The van der Waals surface area contributed by atoms with Crippen molar-refractivity contribution in [1.29, 1.82) is 0 Å². The summed E-state index contributed by atoms with van der Waals surface area (Å²) in [7, 11) is -3.96. The molecule has 1 fully saturated rings. The highest BCUT2D eigenvalue weighted by Gasteiger charge is 2.24. The van der Waals surface area contributed by atoms with E-state index in [0.29, 0.717) is 29.7 Å². The molecule has 4 heterocycles. The van der Waals surface area contributed by atoms with Gasteiger partial charge in [-0.15, -0.1) is 0 Å². The summed E-state index contributed by atoms with van der Waals surface area (Å²) >= 11 is 0. The van der Waals surface area contributed by atoms with Gasteiger partial charge < -0.3 is 10.0 Å². The van der Waals surface area contributed by atoms with Crippen LogP contribution in [0.4, 0.5) is 10.1 Å². The van der Waals surface area contributed by atoms with Gasteiger partial charge in [-0.25, -0.2) is 21.8 Å². The van der Waals surface area contributed by atoms with Gasteiger partial charge in [0.15, 0.2) is 5.65 Å². The number of nitrogens with zero attached hydrogens (tertiary/aromatic N) is 6. The van der Waals surface area contributed by atoms with Crippen LogP contribution in [-0.4, -0.2) is 76.5 Å². The van der Waals surface area contributed by atoms with Gasteiger partial charge in [-0.2, -0.15) is 5.10 Å².